The molecule has 0 aliphatic rings. The summed E-state index contributed by atoms with van der Waals surface area (Å²) in [4.78, 5) is 11.2. The number of pyridine rings is 1. The van der Waals surface area contributed by atoms with Crippen LogP contribution in [0, 0.1) is 13.8 Å². The SMILES string of the molecule is Cc1ccn2c(C(CSc3ccc(Cl)cc3)=NOCc3cccc(C(F)(F)F)c3)c(C)nc2c1. The number of rotatable bonds is 7. The molecule has 2 aromatic carbocycles. The number of hydrogen-bond donors (Lipinski definition) is 0. The number of imidazole rings is 1. The largest absolute Gasteiger partial charge is 0.416 e. The fraction of sp³-hybridized carbons (Fsp3) is 0.200. The summed E-state index contributed by atoms with van der Waals surface area (Å²) >= 11 is 7.53. The molecule has 0 atom stereocenters. The summed E-state index contributed by atoms with van der Waals surface area (Å²) in [7, 11) is 0. The fourth-order valence-electron chi connectivity index (χ4n) is 3.45. The van der Waals surface area contributed by atoms with Gasteiger partial charge in [-0.15, -0.1) is 11.8 Å². The van der Waals surface area contributed by atoms with E-state index in [9.17, 15) is 13.2 Å². The van der Waals surface area contributed by atoms with Crippen LogP contribution in [-0.4, -0.2) is 20.8 Å². The second-order valence-corrected chi connectivity index (χ2v) is 9.22. The van der Waals surface area contributed by atoms with E-state index in [1.807, 2.05) is 60.8 Å². The minimum atomic E-state index is -4.41. The Kier molecular flexibility index (Phi) is 7.19. The molecular weight excluding hydrogens is 483 g/mol. The fourth-order valence-corrected chi connectivity index (χ4v) is 4.40. The van der Waals surface area contributed by atoms with Gasteiger partial charge in [0.25, 0.3) is 0 Å². The zero-order valence-corrected chi connectivity index (χ0v) is 20.0. The smallest absolute Gasteiger partial charge is 0.391 e. The number of halogens is 4. The van der Waals surface area contributed by atoms with Crippen LogP contribution in [0.5, 0.6) is 0 Å². The second kappa shape index (κ2) is 10.1. The zero-order valence-electron chi connectivity index (χ0n) is 18.4. The summed E-state index contributed by atoms with van der Waals surface area (Å²) in [6.07, 6.45) is -2.49. The van der Waals surface area contributed by atoms with Crippen LogP contribution in [0.25, 0.3) is 5.65 Å². The first-order chi connectivity index (χ1) is 16.2. The van der Waals surface area contributed by atoms with Gasteiger partial charge >= 0.3 is 6.18 Å². The van der Waals surface area contributed by atoms with Crippen LogP contribution in [0.3, 0.4) is 0 Å². The van der Waals surface area contributed by atoms with Crippen LogP contribution in [0.4, 0.5) is 13.2 Å². The van der Waals surface area contributed by atoms with E-state index in [0.717, 1.165) is 39.6 Å². The number of aryl methyl sites for hydroxylation is 2. The molecule has 0 saturated carbocycles. The highest BCUT2D eigenvalue weighted by atomic mass is 35.5. The van der Waals surface area contributed by atoms with Crippen molar-refractivity contribution in [2.45, 2.75) is 31.5 Å². The van der Waals surface area contributed by atoms with Crippen LogP contribution >= 0.6 is 23.4 Å². The molecule has 0 aliphatic heterocycles. The average molecular weight is 504 g/mol. The van der Waals surface area contributed by atoms with Crippen molar-refractivity contribution >= 4 is 34.7 Å². The molecule has 34 heavy (non-hydrogen) atoms. The number of alkyl halides is 3. The molecule has 2 heterocycles. The molecule has 0 spiro atoms. The summed E-state index contributed by atoms with van der Waals surface area (Å²) in [6.45, 7) is 3.80. The van der Waals surface area contributed by atoms with Gasteiger partial charge in [-0.05, 0) is 73.5 Å². The Balaban J connectivity index is 1.62. The summed E-state index contributed by atoms with van der Waals surface area (Å²) in [5.74, 6) is 0.465. The van der Waals surface area contributed by atoms with Crippen molar-refractivity contribution in [1.29, 1.82) is 0 Å². The molecule has 0 saturated heterocycles. The van der Waals surface area contributed by atoms with E-state index in [1.165, 1.54) is 6.07 Å². The van der Waals surface area contributed by atoms with Crippen LogP contribution in [-0.2, 0) is 17.6 Å². The Labute approximate surface area is 204 Å². The third-order valence-corrected chi connectivity index (χ3v) is 6.35. The van der Waals surface area contributed by atoms with Gasteiger partial charge in [-0.2, -0.15) is 13.2 Å². The molecule has 9 heteroatoms. The second-order valence-electron chi connectivity index (χ2n) is 7.73. The van der Waals surface area contributed by atoms with E-state index < -0.39 is 11.7 Å². The molecular formula is C25H21ClF3N3OS. The highest BCUT2D eigenvalue weighted by Gasteiger charge is 2.30. The maximum Gasteiger partial charge on any atom is 0.416 e. The molecule has 176 valence electrons. The lowest BCUT2D eigenvalue weighted by Crippen LogP contribution is -2.11. The van der Waals surface area contributed by atoms with Gasteiger partial charge in [-0.25, -0.2) is 4.98 Å². The van der Waals surface area contributed by atoms with Gasteiger partial charge in [0.05, 0.1) is 17.0 Å². The zero-order chi connectivity index (χ0) is 24.3. The molecule has 4 nitrogen and oxygen atoms in total. The van der Waals surface area contributed by atoms with Crippen molar-refractivity contribution in [2.24, 2.45) is 5.16 Å². The summed E-state index contributed by atoms with van der Waals surface area (Å²) in [5, 5.41) is 5.00. The van der Waals surface area contributed by atoms with Crippen molar-refractivity contribution in [1.82, 2.24) is 9.38 Å². The Bertz CT molecular complexity index is 1330. The van der Waals surface area contributed by atoms with Crippen LogP contribution in [0.1, 0.15) is 28.1 Å². The van der Waals surface area contributed by atoms with Crippen LogP contribution < -0.4 is 0 Å². The third kappa shape index (κ3) is 5.74. The molecule has 2 aromatic heterocycles. The number of oxime groups is 1. The quantitative estimate of drug-likeness (QED) is 0.150. The summed E-state index contributed by atoms with van der Waals surface area (Å²) in [6, 6.07) is 16.5. The van der Waals surface area contributed by atoms with Gasteiger partial charge in [-0.1, -0.05) is 28.9 Å². The van der Waals surface area contributed by atoms with E-state index in [1.54, 1.807) is 17.8 Å². The van der Waals surface area contributed by atoms with Crippen molar-refractivity contribution in [3.63, 3.8) is 0 Å². The monoisotopic (exact) mass is 503 g/mol. The van der Waals surface area contributed by atoms with E-state index in [-0.39, 0.29) is 6.61 Å². The van der Waals surface area contributed by atoms with E-state index in [0.29, 0.717) is 22.1 Å². The Morgan fingerprint density at radius 2 is 1.85 bits per heavy atom. The maximum absolute atomic E-state index is 13.0. The minimum Gasteiger partial charge on any atom is -0.391 e. The molecule has 4 aromatic rings. The molecule has 0 unspecified atom stereocenters. The highest BCUT2D eigenvalue weighted by Crippen LogP contribution is 2.30. The van der Waals surface area contributed by atoms with Gasteiger partial charge in [0.15, 0.2) is 0 Å². The normalized spacial score (nSPS) is 12.4. The van der Waals surface area contributed by atoms with Gasteiger partial charge in [0, 0.05) is 21.9 Å². The molecule has 0 bridgehead atoms. The van der Waals surface area contributed by atoms with Gasteiger partial charge in [0.2, 0.25) is 0 Å². The number of thioether (sulfide) groups is 1. The van der Waals surface area contributed by atoms with Gasteiger partial charge in [0.1, 0.15) is 18.0 Å². The summed E-state index contributed by atoms with van der Waals surface area (Å²) < 4.78 is 41.0. The molecule has 0 fully saturated rings. The Morgan fingerprint density at radius 1 is 1.09 bits per heavy atom. The average Bonchev–Trinajstić information content (AvgIpc) is 3.11. The third-order valence-electron chi connectivity index (χ3n) is 5.08. The predicted octanol–water partition coefficient (Wildman–Crippen LogP) is 7.34. The van der Waals surface area contributed by atoms with Crippen molar-refractivity contribution < 1.29 is 18.0 Å². The van der Waals surface area contributed by atoms with E-state index in [4.69, 9.17) is 16.4 Å². The van der Waals surface area contributed by atoms with E-state index >= 15 is 0 Å². The summed E-state index contributed by atoms with van der Waals surface area (Å²) in [5.41, 5.74) is 3.73. The predicted molar refractivity (Wildman–Crippen MR) is 130 cm³/mol. The molecule has 0 radical (unpaired) electrons. The minimum absolute atomic E-state index is 0.0894. The molecule has 0 N–H and O–H groups in total. The van der Waals surface area contributed by atoms with Gasteiger partial charge < -0.3 is 4.84 Å². The first-order valence-electron chi connectivity index (χ1n) is 10.4. The standard InChI is InChI=1S/C25H21ClF3N3OS/c1-16-10-11-32-23(12-16)30-17(2)24(32)22(15-34-21-8-6-20(26)7-9-21)31-33-14-18-4-3-5-19(13-18)25(27,28)29/h3-13H,14-15H2,1-2H3. The van der Waals surface area contributed by atoms with Crippen molar-refractivity contribution in [2.75, 3.05) is 5.75 Å². The first-order valence-corrected chi connectivity index (χ1v) is 11.8. The van der Waals surface area contributed by atoms with Crippen LogP contribution in [0.15, 0.2) is 76.9 Å². The molecule has 4 rings (SSSR count). The Morgan fingerprint density at radius 3 is 2.59 bits per heavy atom. The number of benzene rings is 2. The number of nitrogens with zero attached hydrogens (tertiary/aromatic N) is 3. The first kappa shape index (κ1) is 24.2. The van der Waals surface area contributed by atoms with E-state index in [2.05, 4.69) is 10.1 Å². The number of hydrogen-bond acceptors (Lipinski definition) is 4. The van der Waals surface area contributed by atoms with Gasteiger partial charge in [-0.3, -0.25) is 4.40 Å². The lowest BCUT2D eigenvalue weighted by molar-refractivity contribution is -0.137. The lowest BCUT2D eigenvalue weighted by atomic mass is 10.1. The lowest BCUT2D eigenvalue weighted by Gasteiger charge is -2.10. The van der Waals surface area contributed by atoms with Crippen LogP contribution in [0.2, 0.25) is 5.02 Å². The Hall–Kier alpha value is -2.97. The highest BCUT2D eigenvalue weighted by molar-refractivity contribution is 8.00. The topological polar surface area (TPSA) is 38.9 Å². The maximum atomic E-state index is 13.0. The molecule has 0 aliphatic carbocycles. The number of fused-ring (bicyclic) bond motifs is 1. The molecule has 0 amide bonds. The number of aromatic nitrogens is 2. The van der Waals surface area contributed by atoms with Crippen molar-refractivity contribution in [3.05, 3.63) is 100.0 Å². The van der Waals surface area contributed by atoms with Crippen molar-refractivity contribution in [3.8, 4) is 0 Å².